The Morgan fingerprint density at radius 1 is 1.37 bits per heavy atom. The molecular weight excluding hydrogens is 242 g/mol. The van der Waals surface area contributed by atoms with Gasteiger partial charge >= 0.3 is 0 Å². The van der Waals surface area contributed by atoms with E-state index < -0.39 is 0 Å². The van der Waals surface area contributed by atoms with Crippen LogP contribution in [0.3, 0.4) is 0 Å². The van der Waals surface area contributed by atoms with Gasteiger partial charge in [-0.15, -0.1) is 0 Å². The standard InChI is InChI=1S/C15H23NO3/c1-15(2,3)12-9-11(5-6-13(12)19-4)10-16-14(18)7-8-17/h5-6,9,17H,7-8,10H2,1-4H3,(H,16,18). The lowest BCUT2D eigenvalue weighted by Gasteiger charge is -2.23. The molecule has 0 aliphatic rings. The molecule has 2 N–H and O–H groups in total. The normalized spacial score (nSPS) is 11.2. The van der Waals surface area contributed by atoms with Gasteiger partial charge in [0.05, 0.1) is 13.7 Å². The summed E-state index contributed by atoms with van der Waals surface area (Å²) in [7, 11) is 1.66. The topological polar surface area (TPSA) is 58.6 Å². The second kappa shape index (κ2) is 6.57. The molecule has 0 aromatic heterocycles. The number of hydrogen-bond donors (Lipinski definition) is 2. The van der Waals surface area contributed by atoms with E-state index in [-0.39, 0.29) is 24.3 Å². The molecule has 0 atom stereocenters. The van der Waals surface area contributed by atoms with E-state index in [0.29, 0.717) is 6.54 Å². The van der Waals surface area contributed by atoms with E-state index in [9.17, 15) is 4.79 Å². The van der Waals surface area contributed by atoms with Crippen LogP contribution < -0.4 is 10.1 Å². The molecule has 0 aliphatic carbocycles. The van der Waals surface area contributed by atoms with Crippen molar-refractivity contribution < 1.29 is 14.6 Å². The first-order valence-electron chi connectivity index (χ1n) is 6.43. The van der Waals surface area contributed by atoms with Gasteiger partial charge in [0.2, 0.25) is 5.91 Å². The number of benzene rings is 1. The van der Waals surface area contributed by atoms with Gasteiger partial charge in [-0.05, 0) is 28.7 Å². The quantitative estimate of drug-likeness (QED) is 0.856. The lowest BCUT2D eigenvalue weighted by molar-refractivity contribution is -0.121. The lowest BCUT2D eigenvalue weighted by Crippen LogP contribution is -2.23. The van der Waals surface area contributed by atoms with Crippen molar-refractivity contribution in [1.29, 1.82) is 0 Å². The molecule has 19 heavy (non-hydrogen) atoms. The van der Waals surface area contributed by atoms with Crippen LogP contribution >= 0.6 is 0 Å². The molecule has 0 unspecified atom stereocenters. The van der Waals surface area contributed by atoms with Gasteiger partial charge in [-0.2, -0.15) is 0 Å². The summed E-state index contributed by atoms with van der Waals surface area (Å²) < 4.78 is 5.37. The van der Waals surface area contributed by atoms with E-state index in [4.69, 9.17) is 9.84 Å². The SMILES string of the molecule is COc1ccc(CNC(=O)CCO)cc1C(C)(C)C. The molecule has 0 heterocycles. The van der Waals surface area contributed by atoms with E-state index >= 15 is 0 Å². The first-order valence-corrected chi connectivity index (χ1v) is 6.43. The predicted octanol–water partition coefficient (Wildman–Crippen LogP) is 1.99. The number of carbonyl (C=O) groups is 1. The van der Waals surface area contributed by atoms with Crippen LogP contribution in [0.4, 0.5) is 0 Å². The maximum absolute atomic E-state index is 11.3. The smallest absolute Gasteiger partial charge is 0.222 e. The highest BCUT2D eigenvalue weighted by atomic mass is 16.5. The van der Waals surface area contributed by atoms with Crippen molar-refractivity contribution in [3.05, 3.63) is 29.3 Å². The number of aliphatic hydroxyl groups excluding tert-OH is 1. The van der Waals surface area contributed by atoms with Gasteiger partial charge in [0, 0.05) is 13.0 Å². The molecular formula is C15H23NO3. The highest BCUT2D eigenvalue weighted by Crippen LogP contribution is 2.31. The number of methoxy groups -OCH3 is 1. The number of amides is 1. The zero-order valence-corrected chi connectivity index (χ0v) is 12.1. The molecule has 0 fully saturated rings. The van der Waals surface area contributed by atoms with Crippen molar-refractivity contribution in [3.63, 3.8) is 0 Å². The summed E-state index contributed by atoms with van der Waals surface area (Å²) in [5.41, 5.74) is 2.12. The summed E-state index contributed by atoms with van der Waals surface area (Å²) in [4.78, 5) is 11.3. The second-order valence-corrected chi connectivity index (χ2v) is 5.53. The fourth-order valence-electron chi connectivity index (χ4n) is 1.84. The molecule has 0 saturated heterocycles. The molecule has 1 aromatic carbocycles. The molecule has 1 rings (SSSR count). The lowest BCUT2D eigenvalue weighted by atomic mass is 9.85. The zero-order chi connectivity index (χ0) is 14.5. The average molecular weight is 265 g/mol. The van der Waals surface area contributed by atoms with Crippen molar-refractivity contribution in [3.8, 4) is 5.75 Å². The highest BCUT2D eigenvalue weighted by molar-refractivity contribution is 5.75. The van der Waals surface area contributed by atoms with Crippen LogP contribution in [0.5, 0.6) is 5.75 Å². The fourth-order valence-corrected chi connectivity index (χ4v) is 1.84. The second-order valence-electron chi connectivity index (χ2n) is 5.53. The fraction of sp³-hybridized carbons (Fsp3) is 0.533. The Hall–Kier alpha value is -1.55. The van der Waals surface area contributed by atoms with Gasteiger partial charge in [0.1, 0.15) is 5.75 Å². The highest BCUT2D eigenvalue weighted by Gasteiger charge is 2.19. The van der Waals surface area contributed by atoms with E-state index in [2.05, 4.69) is 32.2 Å². The van der Waals surface area contributed by atoms with E-state index in [1.807, 2.05) is 12.1 Å². The summed E-state index contributed by atoms with van der Waals surface area (Å²) in [6, 6.07) is 5.92. The van der Waals surface area contributed by atoms with Crippen molar-refractivity contribution in [2.75, 3.05) is 13.7 Å². The largest absolute Gasteiger partial charge is 0.496 e. The van der Waals surface area contributed by atoms with Crippen LogP contribution in [-0.4, -0.2) is 24.7 Å². The van der Waals surface area contributed by atoms with Gasteiger partial charge in [0.25, 0.3) is 0 Å². The van der Waals surface area contributed by atoms with E-state index in [1.54, 1.807) is 7.11 Å². The van der Waals surface area contributed by atoms with Crippen LogP contribution in [0.1, 0.15) is 38.3 Å². The number of aliphatic hydroxyl groups is 1. The Labute approximate surface area is 114 Å². The Kier molecular flexibility index (Phi) is 5.36. The molecule has 0 spiro atoms. The van der Waals surface area contributed by atoms with Crippen LogP contribution in [0.15, 0.2) is 18.2 Å². The van der Waals surface area contributed by atoms with Gasteiger partial charge in [-0.1, -0.05) is 26.8 Å². The monoisotopic (exact) mass is 265 g/mol. The molecule has 0 bridgehead atoms. The minimum atomic E-state index is -0.143. The van der Waals surface area contributed by atoms with E-state index in [0.717, 1.165) is 16.9 Å². The van der Waals surface area contributed by atoms with Crippen LogP contribution in [0.2, 0.25) is 0 Å². The van der Waals surface area contributed by atoms with Crippen molar-refractivity contribution in [2.24, 2.45) is 0 Å². The molecule has 1 amide bonds. The predicted molar refractivity (Wildman–Crippen MR) is 75.2 cm³/mol. The van der Waals surface area contributed by atoms with Gasteiger partial charge in [-0.3, -0.25) is 4.79 Å². The van der Waals surface area contributed by atoms with E-state index in [1.165, 1.54) is 0 Å². The van der Waals surface area contributed by atoms with Crippen LogP contribution in [0, 0.1) is 0 Å². The Bertz CT molecular complexity index is 436. The summed E-state index contributed by atoms with van der Waals surface area (Å²) in [6.45, 7) is 6.71. The van der Waals surface area contributed by atoms with Crippen molar-refractivity contribution in [1.82, 2.24) is 5.32 Å². The summed E-state index contributed by atoms with van der Waals surface area (Å²) >= 11 is 0. The molecule has 106 valence electrons. The minimum Gasteiger partial charge on any atom is -0.496 e. The molecule has 4 nitrogen and oxygen atoms in total. The maximum atomic E-state index is 11.3. The summed E-state index contributed by atoms with van der Waals surface area (Å²) in [6.07, 6.45) is 0.141. The summed E-state index contributed by atoms with van der Waals surface area (Å²) in [5.74, 6) is 0.716. The number of rotatable bonds is 5. The van der Waals surface area contributed by atoms with Crippen LogP contribution in [0.25, 0.3) is 0 Å². The number of hydrogen-bond acceptors (Lipinski definition) is 3. The Morgan fingerprint density at radius 2 is 2.05 bits per heavy atom. The maximum Gasteiger partial charge on any atom is 0.222 e. The molecule has 0 radical (unpaired) electrons. The first-order chi connectivity index (χ1) is 8.88. The Morgan fingerprint density at radius 3 is 2.58 bits per heavy atom. The third-order valence-corrected chi connectivity index (χ3v) is 2.90. The molecule has 0 aliphatic heterocycles. The zero-order valence-electron chi connectivity index (χ0n) is 12.1. The summed E-state index contributed by atoms with van der Waals surface area (Å²) in [5, 5.41) is 11.5. The number of carbonyl (C=O) groups excluding carboxylic acids is 1. The van der Waals surface area contributed by atoms with Gasteiger partial charge in [-0.25, -0.2) is 0 Å². The van der Waals surface area contributed by atoms with Crippen molar-refractivity contribution >= 4 is 5.91 Å². The first kappa shape index (κ1) is 15.5. The molecule has 1 aromatic rings. The Balaban J connectivity index is 2.84. The average Bonchev–Trinajstić information content (AvgIpc) is 2.35. The molecule has 4 heteroatoms. The van der Waals surface area contributed by atoms with Gasteiger partial charge in [0.15, 0.2) is 0 Å². The van der Waals surface area contributed by atoms with Crippen LogP contribution in [-0.2, 0) is 16.8 Å². The minimum absolute atomic E-state index is 0.0174. The van der Waals surface area contributed by atoms with Gasteiger partial charge < -0.3 is 15.2 Å². The third kappa shape index (κ3) is 4.56. The van der Waals surface area contributed by atoms with Crippen molar-refractivity contribution in [2.45, 2.75) is 39.2 Å². The number of nitrogens with one attached hydrogen (secondary N) is 1. The molecule has 0 saturated carbocycles. The number of ether oxygens (including phenoxy) is 1. The third-order valence-electron chi connectivity index (χ3n) is 2.90.